The number of aliphatic hydroxyl groups excluding tert-OH is 1. The number of hydrogen-bond donors (Lipinski definition) is 1. The van der Waals surface area contributed by atoms with Gasteiger partial charge in [-0.2, -0.15) is 0 Å². The number of hydrogen-bond acceptors (Lipinski definition) is 4. The molecular weight excluding hydrogens is 360 g/mol. The molecule has 0 spiro atoms. The summed E-state index contributed by atoms with van der Waals surface area (Å²) in [6, 6.07) is 14.1. The van der Waals surface area contributed by atoms with Crippen molar-refractivity contribution in [1.29, 1.82) is 0 Å². The summed E-state index contributed by atoms with van der Waals surface area (Å²) in [4.78, 5) is 11.1. The van der Waals surface area contributed by atoms with E-state index in [-0.39, 0.29) is 11.5 Å². The van der Waals surface area contributed by atoms with Gasteiger partial charge < -0.3 is 9.84 Å². The Hall–Kier alpha value is -1.98. The summed E-state index contributed by atoms with van der Waals surface area (Å²) >= 11 is 0. The fraction of sp³-hybridized carbons (Fsp3) is 0.409. The Kier molecular flexibility index (Phi) is 10.6. The average molecular weight is 391 g/mol. The molecule has 0 saturated heterocycles. The predicted molar refractivity (Wildman–Crippen MR) is 113 cm³/mol. The third-order valence-electron chi connectivity index (χ3n) is 3.66. The minimum Gasteiger partial charge on any atom is -0.494 e. The third-order valence-corrected chi connectivity index (χ3v) is 5.05. The number of ketones is 1. The molecule has 5 heteroatoms. The lowest BCUT2D eigenvalue weighted by Crippen LogP contribution is -2.08. The molecule has 0 saturated carbocycles. The number of aryl methyl sites for hydroxylation is 1. The summed E-state index contributed by atoms with van der Waals surface area (Å²) in [7, 11) is -1.15. The fourth-order valence-corrected chi connectivity index (χ4v) is 3.50. The smallest absolute Gasteiger partial charge is 0.142 e. The van der Waals surface area contributed by atoms with Crippen LogP contribution in [0.5, 0.6) is 5.75 Å². The number of aliphatic hydroxyl groups is 1. The predicted octanol–water partition coefficient (Wildman–Crippen LogP) is 4.29. The van der Waals surface area contributed by atoms with Crippen molar-refractivity contribution < 1.29 is 18.8 Å². The first-order valence-electron chi connectivity index (χ1n) is 9.19. The van der Waals surface area contributed by atoms with Gasteiger partial charge in [0.2, 0.25) is 0 Å². The van der Waals surface area contributed by atoms with Gasteiger partial charge in [-0.25, -0.2) is 0 Å². The van der Waals surface area contributed by atoms with Crippen LogP contribution < -0.4 is 4.74 Å². The molecule has 0 aliphatic rings. The molecular formula is C22H30O4S. The standard InChI is InChI=1S/C19H22O3S.C3H8O/c1-4-22-19-11-18(9-8-14(19)2)17-7-5-6-16(10-17)13-23(21)12-15(3)20;1-2-3-4/h5-11H,4,12-13H2,1-3H3;4H,2-3H2,1H3. The van der Waals surface area contributed by atoms with Gasteiger partial charge in [0.25, 0.3) is 0 Å². The van der Waals surface area contributed by atoms with E-state index in [9.17, 15) is 9.00 Å². The topological polar surface area (TPSA) is 63.6 Å². The van der Waals surface area contributed by atoms with Gasteiger partial charge in [0.15, 0.2) is 0 Å². The molecule has 2 rings (SSSR count). The highest BCUT2D eigenvalue weighted by Gasteiger charge is 2.08. The van der Waals surface area contributed by atoms with E-state index < -0.39 is 10.8 Å². The first-order chi connectivity index (χ1) is 12.9. The quantitative estimate of drug-likeness (QED) is 0.730. The molecule has 1 N–H and O–H groups in total. The van der Waals surface area contributed by atoms with Crippen molar-refractivity contribution in [3.8, 4) is 16.9 Å². The zero-order valence-corrected chi connectivity index (χ0v) is 17.5. The molecule has 0 radical (unpaired) electrons. The van der Waals surface area contributed by atoms with Crippen LogP contribution in [-0.4, -0.2) is 34.1 Å². The highest BCUT2D eigenvalue weighted by molar-refractivity contribution is 7.84. The molecule has 0 aromatic heterocycles. The van der Waals surface area contributed by atoms with Gasteiger partial charge in [-0.05, 0) is 55.5 Å². The first kappa shape index (κ1) is 23.1. The van der Waals surface area contributed by atoms with Crippen molar-refractivity contribution >= 4 is 16.6 Å². The number of carbonyl (C=O) groups excluding carboxylic acids is 1. The molecule has 148 valence electrons. The van der Waals surface area contributed by atoms with Crippen LogP contribution in [0, 0.1) is 6.92 Å². The zero-order chi connectivity index (χ0) is 20.2. The SMILES string of the molecule is CCCO.CCOc1cc(-c2cccc(CS(=O)CC(C)=O)c2)ccc1C. The van der Waals surface area contributed by atoms with Crippen LogP contribution in [0.4, 0.5) is 0 Å². The molecule has 0 bridgehead atoms. The molecule has 2 aromatic carbocycles. The van der Waals surface area contributed by atoms with Gasteiger partial charge >= 0.3 is 0 Å². The van der Waals surface area contributed by atoms with E-state index in [1.54, 1.807) is 0 Å². The zero-order valence-electron chi connectivity index (χ0n) is 16.7. The second kappa shape index (κ2) is 12.4. The maximum Gasteiger partial charge on any atom is 0.142 e. The fourth-order valence-electron chi connectivity index (χ4n) is 2.39. The van der Waals surface area contributed by atoms with Gasteiger partial charge in [-0.3, -0.25) is 9.00 Å². The first-order valence-corrected chi connectivity index (χ1v) is 10.7. The highest BCUT2D eigenvalue weighted by Crippen LogP contribution is 2.27. The van der Waals surface area contributed by atoms with Gasteiger partial charge in [0, 0.05) is 23.2 Å². The van der Waals surface area contributed by atoms with E-state index in [2.05, 4.69) is 6.07 Å². The molecule has 0 fully saturated rings. The Balaban J connectivity index is 0.000000828. The summed E-state index contributed by atoms with van der Waals surface area (Å²) in [6.45, 7) is 8.34. The summed E-state index contributed by atoms with van der Waals surface area (Å²) in [6.07, 6.45) is 0.875. The van der Waals surface area contributed by atoms with E-state index in [1.807, 2.05) is 57.2 Å². The lowest BCUT2D eigenvalue weighted by molar-refractivity contribution is -0.114. The molecule has 27 heavy (non-hydrogen) atoms. The van der Waals surface area contributed by atoms with Crippen molar-refractivity contribution in [2.45, 2.75) is 39.9 Å². The number of carbonyl (C=O) groups is 1. The molecule has 0 amide bonds. The van der Waals surface area contributed by atoms with Gasteiger partial charge in [0.1, 0.15) is 11.5 Å². The third kappa shape index (κ3) is 8.50. The largest absolute Gasteiger partial charge is 0.494 e. The summed E-state index contributed by atoms with van der Waals surface area (Å²) in [5.41, 5.74) is 4.21. The van der Waals surface area contributed by atoms with E-state index >= 15 is 0 Å². The summed E-state index contributed by atoms with van der Waals surface area (Å²) < 4.78 is 17.6. The van der Waals surface area contributed by atoms with E-state index in [4.69, 9.17) is 9.84 Å². The molecule has 0 heterocycles. The number of Topliss-reactive ketones (excluding diaryl/α,β-unsaturated/α-hetero) is 1. The summed E-state index contributed by atoms with van der Waals surface area (Å²) in [5.74, 6) is 1.36. The maximum atomic E-state index is 11.9. The molecule has 4 nitrogen and oxygen atoms in total. The Bertz CT molecular complexity index is 754. The number of ether oxygens (including phenoxy) is 1. The van der Waals surface area contributed by atoms with Gasteiger partial charge in [0.05, 0.1) is 12.4 Å². The Labute approximate surface area is 165 Å². The highest BCUT2D eigenvalue weighted by atomic mass is 32.2. The monoisotopic (exact) mass is 390 g/mol. The molecule has 0 aliphatic carbocycles. The van der Waals surface area contributed by atoms with Crippen molar-refractivity contribution in [2.24, 2.45) is 0 Å². The second-order valence-electron chi connectivity index (χ2n) is 6.27. The van der Waals surface area contributed by atoms with Gasteiger partial charge in [-0.15, -0.1) is 0 Å². The number of rotatable bonds is 8. The van der Waals surface area contributed by atoms with Crippen LogP contribution >= 0.6 is 0 Å². The van der Waals surface area contributed by atoms with Crippen LogP contribution in [0.15, 0.2) is 42.5 Å². The van der Waals surface area contributed by atoms with Crippen LogP contribution in [0.2, 0.25) is 0 Å². The second-order valence-corrected chi connectivity index (χ2v) is 7.72. The van der Waals surface area contributed by atoms with Crippen molar-refractivity contribution in [3.05, 3.63) is 53.6 Å². The van der Waals surface area contributed by atoms with E-state index in [0.717, 1.165) is 34.4 Å². The molecule has 0 aliphatic heterocycles. The minimum absolute atomic E-state index is 0.0422. The van der Waals surface area contributed by atoms with Crippen LogP contribution in [0.3, 0.4) is 0 Å². The van der Waals surface area contributed by atoms with E-state index in [0.29, 0.717) is 19.0 Å². The molecule has 1 atom stereocenters. The lowest BCUT2D eigenvalue weighted by Gasteiger charge is -2.10. The van der Waals surface area contributed by atoms with Crippen molar-refractivity contribution in [3.63, 3.8) is 0 Å². The Morgan fingerprint density at radius 1 is 1.11 bits per heavy atom. The molecule has 2 aromatic rings. The number of benzene rings is 2. The normalized spacial score (nSPS) is 11.3. The van der Waals surface area contributed by atoms with Crippen LogP contribution in [-0.2, 0) is 21.3 Å². The van der Waals surface area contributed by atoms with Gasteiger partial charge in [-0.1, -0.05) is 43.3 Å². The molecule has 1 unspecified atom stereocenters. The Morgan fingerprint density at radius 3 is 2.37 bits per heavy atom. The van der Waals surface area contributed by atoms with Crippen molar-refractivity contribution in [2.75, 3.05) is 19.0 Å². The summed E-state index contributed by atoms with van der Waals surface area (Å²) in [5, 5.41) is 7.88. The maximum absolute atomic E-state index is 11.9. The van der Waals surface area contributed by atoms with Crippen molar-refractivity contribution in [1.82, 2.24) is 0 Å². The van der Waals surface area contributed by atoms with Crippen LogP contribution in [0.1, 0.15) is 38.3 Å². The Morgan fingerprint density at radius 2 is 1.78 bits per heavy atom. The average Bonchev–Trinajstić information content (AvgIpc) is 2.63. The van der Waals surface area contributed by atoms with Crippen LogP contribution in [0.25, 0.3) is 11.1 Å². The van der Waals surface area contributed by atoms with E-state index in [1.165, 1.54) is 6.92 Å². The lowest BCUT2D eigenvalue weighted by atomic mass is 10.0. The minimum atomic E-state index is -1.15.